The van der Waals surface area contributed by atoms with Gasteiger partial charge in [-0.2, -0.15) is 0 Å². The second-order valence-corrected chi connectivity index (χ2v) is 5.34. The van der Waals surface area contributed by atoms with Gasteiger partial charge in [0.1, 0.15) is 11.6 Å². The van der Waals surface area contributed by atoms with Crippen LogP contribution in [0.15, 0.2) is 12.1 Å². The summed E-state index contributed by atoms with van der Waals surface area (Å²) in [5.41, 5.74) is 7.74. The van der Waals surface area contributed by atoms with Crippen molar-refractivity contribution in [1.82, 2.24) is 0 Å². The summed E-state index contributed by atoms with van der Waals surface area (Å²) >= 11 is 0. The van der Waals surface area contributed by atoms with Gasteiger partial charge < -0.3 is 10.5 Å². The lowest BCUT2D eigenvalue weighted by Crippen LogP contribution is -2.22. The zero-order valence-corrected chi connectivity index (χ0v) is 11.2. The van der Waals surface area contributed by atoms with Crippen molar-refractivity contribution in [3.63, 3.8) is 0 Å². The molecule has 0 bridgehead atoms. The highest BCUT2D eigenvalue weighted by Gasteiger charge is 2.23. The van der Waals surface area contributed by atoms with Crippen molar-refractivity contribution in [2.24, 2.45) is 11.7 Å². The van der Waals surface area contributed by atoms with E-state index < -0.39 is 0 Å². The fourth-order valence-corrected chi connectivity index (χ4v) is 2.07. The number of rotatable bonds is 6. The molecule has 1 aromatic rings. The van der Waals surface area contributed by atoms with Gasteiger partial charge in [0.15, 0.2) is 0 Å². The Bertz CT molecular complexity index is 415. The van der Waals surface area contributed by atoms with Crippen LogP contribution in [0.2, 0.25) is 0 Å². The largest absolute Gasteiger partial charge is 0.493 e. The second kappa shape index (κ2) is 5.70. The van der Waals surface area contributed by atoms with E-state index in [1.165, 1.54) is 18.9 Å². The topological polar surface area (TPSA) is 35.2 Å². The molecule has 0 amide bonds. The van der Waals surface area contributed by atoms with E-state index in [0.29, 0.717) is 12.3 Å². The highest BCUT2D eigenvalue weighted by atomic mass is 19.1. The Morgan fingerprint density at radius 2 is 2.17 bits per heavy atom. The number of benzene rings is 1. The summed E-state index contributed by atoms with van der Waals surface area (Å²) in [6.07, 6.45) is 4.07. The molecule has 0 aromatic heterocycles. The van der Waals surface area contributed by atoms with Gasteiger partial charge in [-0.3, -0.25) is 0 Å². The first kappa shape index (κ1) is 13.3. The Morgan fingerprint density at radius 1 is 1.44 bits per heavy atom. The van der Waals surface area contributed by atoms with Crippen LogP contribution in [-0.4, -0.2) is 12.6 Å². The quantitative estimate of drug-likeness (QED) is 0.842. The van der Waals surface area contributed by atoms with Gasteiger partial charge in [0.2, 0.25) is 0 Å². The van der Waals surface area contributed by atoms with Crippen LogP contribution in [0.1, 0.15) is 37.3 Å². The highest BCUT2D eigenvalue weighted by Crippen LogP contribution is 2.32. The van der Waals surface area contributed by atoms with Crippen molar-refractivity contribution >= 4 is 0 Å². The summed E-state index contributed by atoms with van der Waals surface area (Å²) in [6, 6.07) is 3.16. The van der Waals surface area contributed by atoms with Crippen LogP contribution in [0.25, 0.3) is 0 Å². The molecule has 1 unspecified atom stereocenters. The molecule has 2 nitrogen and oxygen atoms in total. The first-order chi connectivity index (χ1) is 8.60. The lowest BCUT2D eigenvalue weighted by Gasteiger charge is -2.16. The van der Waals surface area contributed by atoms with Crippen molar-refractivity contribution in [2.75, 3.05) is 6.61 Å². The molecule has 1 atom stereocenters. The molecule has 0 heterocycles. The fourth-order valence-electron chi connectivity index (χ4n) is 2.07. The lowest BCUT2D eigenvalue weighted by atomic mass is 10.0. The maximum atomic E-state index is 13.5. The van der Waals surface area contributed by atoms with Gasteiger partial charge in [-0.25, -0.2) is 4.39 Å². The zero-order valence-electron chi connectivity index (χ0n) is 11.2. The summed E-state index contributed by atoms with van der Waals surface area (Å²) in [5.74, 6) is 1.33. The molecular weight excluding hydrogens is 229 g/mol. The summed E-state index contributed by atoms with van der Waals surface area (Å²) < 4.78 is 19.3. The van der Waals surface area contributed by atoms with Crippen molar-refractivity contribution in [1.29, 1.82) is 0 Å². The Morgan fingerprint density at radius 3 is 2.78 bits per heavy atom. The van der Waals surface area contributed by atoms with Crippen LogP contribution in [-0.2, 0) is 6.42 Å². The molecule has 1 aliphatic carbocycles. The van der Waals surface area contributed by atoms with E-state index in [-0.39, 0.29) is 11.9 Å². The molecule has 0 aliphatic heterocycles. The van der Waals surface area contributed by atoms with Gasteiger partial charge in [-0.1, -0.05) is 6.92 Å². The lowest BCUT2D eigenvalue weighted by molar-refractivity contribution is 0.293. The summed E-state index contributed by atoms with van der Waals surface area (Å²) in [7, 11) is 0. The van der Waals surface area contributed by atoms with E-state index in [9.17, 15) is 4.39 Å². The Balaban J connectivity index is 2.16. The average Bonchev–Trinajstić information content (AvgIpc) is 3.11. The van der Waals surface area contributed by atoms with E-state index in [2.05, 4.69) is 0 Å². The first-order valence-electron chi connectivity index (χ1n) is 6.77. The minimum atomic E-state index is -0.204. The maximum Gasteiger partial charge on any atom is 0.125 e. The number of hydrogen-bond acceptors (Lipinski definition) is 2. The van der Waals surface area contributed by atoms with Crippen LogP contribution >= 0.6 is 0 Å². The van der Waals surface area contributed by atoms with Crippen molar-refractivity contribution < 1.29 is 9.13 Å². The molecule has 0 saturated heterocycles. The fraction of sp³-hybridized carbons (Fsp3) is 0.600. The highest BCUT2D eigenvalue weighted by molar-refractivity contribution is 5.42. The van der Waals surface area contributed by atoms with Crippen LogP contribution < -0.4 is 10.5 Å². The average molecular weight is 251 g/mol. The van der Waals surface area contributed by atoms with Crippen LogP contribution in [0.5, 0.6) is 5.75 Å². The molecule has 2 rings (SSSR count). The van der Waals surface area contributed by atoms with E-state index in [4.69, 9.17) is 10.5 Å². The van der Waals surface area contributed by atoms with E-state index in [1.807, 2.05) is 13.8 Å². The summed E-state index contributed by atoms with van der Waals surface area (Å²) in [5, 5.41) is 0. The van der Waals surface area contributed by atoms with E-state index >= 15 is 0 Å². The number of halogens is 1. The smallest absolute Gasteiger partial charge is 0.125 e. The minimum Gasteiger partial charge on any atom is -0.493 e. The zero-order chi connectivity index (χ0) is 13.1. The molecule has 1 saturated carbocycles. The number of hydrogen-bond donors (Lipinski definition) is 1. The predicted molar refractivity (Wildman–Crippen MR) is 71.3 cm³/mol. The Kier molecular flexibility index (Phi) is 4.23. The van der Waals surface area contributed by atoms with Crippen molar-refractivity contribution in [3.8, 4) is 5.75 Å². The molecule has 18 heavy (non-hydrogen) atoms. The molecule has 0 radical (unpaired) electrons. The molecule has 2 N–H and O–H groups in total. The van der Waals surface area contributed by atoms with Gasteiger partial charge >= 0.3 is 0 Å². The van der Waals surface area contributed by atoms with E-state index in [1.54, 1.807) is 6.07 Å². The van der Waals surface area contributed by atoms with Gasteiger partial charge in [-0.15, -0.1) is 0 Å². The molecule has 100 valence electrons. The van der Waals surface area contributed by atoms with Gasteiger partial charge in [0, 0.05) is 6.04 Å². The standard InChI is InChI=1S/C15H22FNO/c1-3-14(17)8-12-7-13(16)6-10(2)15(12)18-9-11-4-5-11/h6-7,11,14H,3-5,8-9,17H2,1-2H3. The Labute approximate surface area is 108 Å². The van der Waals surface area contributed by atoms with Crippen LogP contribution in [0.4, 0.5) is 4.39 Å². The molecule has 3 heteroatoms. The predicted octanol–water partition coefficient (Wildman–Crippen LogP) is 3.20. The number of aryl methyl sites for hydroxylation is 1. The summed E-state index contributed by atoms with van der Waals surface area (Å²) in [4.78, 5) is 0. The first-order valence-corrected chi connectivity index (χ1v) is 6.77. The Hall–Kier alpha value is -1.09. The molecule has 1 aromatic carbocycles. The third kappa shape index (κ3) is 3.45. The van der Waals surface area contributed by atoms with Crippen LogP contribution in [0, 0.1) is 18.7 Å². The normalized spacial score (nSPS) is 16.7. The molecule has 1 fully saturated rings. The number of ether oxygens (including phenoxy) is 1. The van der Waals surface area contributed by atoms with Crippen LogP contribution in [0.3, 0.4) is 0 Å². The number of nitrogens with two attached hydrogens (primary N) is 1. The third-order valence-corrected chi connectivity index (χ3v) is 3.48. The van der Waals surface area contributed by atoms with Gasteiger partial charge in [0.05, 0.1) is 6.61 Å². The molecule has 1 aliphatic rings. The van der Waals surface area contributed by atoms with E-state index in [0.717, 1.165) is 29.9 Å². The molecule has 0 spiro atoms. The van der Waals surface area contributed by atoms with Gasteiger partial charge in [0.25, 0.3) is 0 Å². The third-order valence-electron chi connectivity index (χ3n) is 3.48. The van der Waals surface area contributed by atoms with Crippen molar-refractivity contribution in [3.05, 3.63) is 29.1 Å². The SMILES string of the molecule is CCC(N)Cc1cc(F)cc(C)c1OCC1CC1. The molecular formula is C15H22FNO. The monoisotopic (exact) mass is 251 g/mol. The van der Waals surface area contributed by atoms with Crippen molar-refractivity contribution in [2.45, 2.75) is 45.6 Å². The minimum absolute atomic E-state index is 0.0643. The maximum absolute atomic E-state index is 13.5. The summed E-state index contributed by atoms with van der Waals surface area (Å²) in [6.45, 7) is 4.69. The van der Waals surface area contributed by atoms with Gasteiger partial charge in [-0.05, 0) is 61.8 Å². The second-order valence-electron chi connectivity index (χ2n) is 5.34.